The van der Waals surface area contributed by atoms with E-state index in [1.165, 1.54) is 27.8 Å². The molecule has 1 aliphatic carbocycles. The molecule has 0 bridgehead atoms. The van der Waals surface area contributed by atoms with Crippen molar-refractivity contribution in [2.75, 3.05) is 0 Å². The maximum absolute atomic E-state index is 2.55. The molecule has 0 amide bonds. The molecule has 0 nitrogen and oxygen atoms in total. The molecule has 0 heterocycles. The van der Waals surface area contributed by atoms with Crippen molar-refractivity contribution < 1.29 is 57.7 Å². The fourth-order valence-electron chi connectivity index (χ4n) is 3.51. The summed E-state index contributed by atoms with van der Waals surface area (Å²) in [6, 6.07) is 18.0. The third-order valence-corrected chi connectivity index (χ3v) is 12.1. The van der Waals surface area contributed by atoms with Gasteiger partial charge in [0, 0.05) is 0 Å². The van der Waals surface area contributed by atoms with Gasteiger partial charge in [-0.15, -0.1) is 0 Å². The SMILES string of the molecule is Cc1cccc(C(C2=C[C]([Ti+3])([Si](C)(C)C)C=C2)c2cccc(C)c2)c1.[Cl-].[Cl-].[Cl-]. The Labute approximate surface area is 201 Å². The fraction of sp³-hybridized carbons (Fsp3) is 0.304. The fourth-order valence-corrected chi connectivity index (χ4v) is 5.08. The minimum atomic E-state index is -1.32. The molecule has 0 fully saturated rings. The number of halogens is 3. The molecule has 0 N–H and O–H groups in total. The van der Waals surface area contributed by atoms with Gasteiger partial charge >= 0.3 is 166 Å². The smallest absolute Gasteiger partial charge is 1.00 e. The molecule has 1 aliphatic rings. The van der Waals surface area contributed by atoms with Gasteiger partial charge in [-0.1, -0.05) is 0 Å². The first-order valence-electron chi connectivity index (χ1n) is 9.00. The molecule has 0 spiro atoms. The van der Waals surface area contributed by atoms with Crippen molar-refractivity contribution in [2.45, 2.75) is 42.7 Å². The second kappa shape index (κ2) is 10.7. The van der Waals surface area contributed by atoms with Crippen molar-refractivity contribution in [3.63, 3.8) is 0 Å². The van der Waals surface area contributed by atoms with Crippen LogP contribution in [0.25, 0.3) is 0 Å². The van der Waals surface area contributed by atoms with Crippen LogP contribution < -0.4 is 37.2 Å². The third kappa shape index (κ3) is 5.88. The standard InChI is InChI=1S/C23H27Si.3ClH.Ti/c1-17-8-6-10-19(14-17)23(20-11-7-9-18(2)15-20)21-12-13-22(16-21)24(3,4)5;;;;/h6-16,23H,1-5H3;3*1H;/q;;;;+3/p-3. The van der Waals surface area contributed by atoms with Gasteiger partial charge in [-0.2, -0.15) is 0 Å². The summed E-state index contributed by atoms with van der Waals surface area (Å²) < 4.78 is 0.230. The Morgan fingerprint density at radius 1 is 0.821 bits per heavy atom. The molecule has 0 saturated heterocycles. The van der Waals surface area contributed by atoms with Crippen LogP contribution in [-0.2, 0) is 20.4 Å². The van der Waals surface area contributed by atoms with Gasteiger partial charge in [-0.25, -0.2) is 0 Å². The molecule has 2 aromatic carbocycles. The van der Waals surface area contributed by atoms with E-state index in [4.69, 9.17) is 0 Å². The van der Waals surface area contributed by atoms with Crippen LogP contribution in [0.3, 0.4) is 0 Å². The minimum absolute atomic E-state index is 0. The molecule has 28 heavy (non-hydrogen) atoms. The summed E-state index contributed by atoms with van der Waals surface area (Å²) in [6.07, 6.45) is 7.38. The summed E-state index contributed by atoms with van der Waals surface area (Å²) in [5, 5.41) is 0. The molecule has 1 unspecified atom stereocenters. The van der Waals surface area contributed by atoms with Crippen LogP contribution in [-0.4, -0.2) is 8.07 Å². The zero-order chi connectivity index (χ0) is 18.2. The summed E-state index contributed by atoms with van der Waals surface area (Å²) >= 11 is 2.41. The van der Waals surface area contributed by atoms with Gasteiger partial charge in [0.15, 0.2) is 0 Å². The van der Waals surface area contributed by atoms with E-state index in [1.54, 1.807) is 0 Å². The summed E-state index contributed by atoms with van der Waals surface area (Å²) in [7, 11) is -1.32. The first kappa shape index (κ1) is 27.7. The molecule has 0 aliphatic heterocycles. The maximum atomic E-state index is 2.55. The van der Waals surface area contributed by atoms with Crippen LogP contribution >= 0.6 is 0 Å². The first-order chi connectivity index (χ1) is 11.7. The van der Waals surface area contributed by atoms with Crippen molar-refractivity contribution in [1.29, 1.82) is 0 Å². The molecule has 5 heteroatoms. The predicted molar refractivity (Wildman–Crippen MR) is 107 cm³/mol. The summed E-state index contributed by atoms with van der Waals surface area (Å²) in [5.74, 6) is 0.314. The number of rotatable bonds is 4. The summed E-state index contributed by atoms with van der Waals surface area (Å²) in [6.45, 7) is 11.8. The average molecular weight is 486 g/mol. The Morgan fingerprint density at radius 2 is 1.29 bits per heavy atom. The van der Waals surface area contributed by atoms with Gasteiger partial charge in [0.25, 0.3) is 0 Å². The number of hydrogen-bond donors (Lipinski definition) is 0. The van der Waals surface area contributed by atoms with E-state index >= 15 is 0 Å². The molecule has 2 aromatic rings. The second-order valence-electron chi connectivity index (χ2n) is 8.36. The zero-order valence-corrected chi connectivity index (χ0v) is 21.9. The van der Waals surface area contributed by atoms with E-state index in [2.05, 4.69) is 121 Å². The van der Waals surface area contributed by atoms with E-state index in [0.29, 0.717) is 5.92 Å². The molecular formula is C23H27Cl3SiTi. The average Bonchev–Trinajstić information content (AvgIpc) is 2.91. The number of aryl methyl sites for hydroxylation is 2. The summed E-state index contributed by atoms with van der Waals surface area (Å²) in [5.41, 5.74) is 6.88. The third-order valence-electron chi connectivity index (χ3n) is 5.26. The van der Waals surface area contributed by atoms with Gasteiger partial charge in [0.1, 0.15) is 0 Å². The summed E-state index contributed by atoms with van der Waals surface area (Å²) in [4.78, 5) is 0. The van der Waals surface area contributed by atoms with E-state index in [9.17, 15) is 0 Å². The molecule has 148 valence electrons. The predicted octanol–water partition coefficient (Wildman–Crippen LogP) is -2.47. The van der Waals surface area contributed by atoms with Crippen molar-refractivity contribution in [1.82, 2.24) is 0 Å². The second-order valence-corrected chi connectivity index (χ2v) is 15.8. The Morgan fingerprint density at radius 3 is 1.64 bits per heavy atom. The normalized spacial score (nSPS) is 18.1. The van der Waals surface area contributed by atoms with Gasteiger partial charge < -0.3 is 37.2 Å². The van der Waals surface area contributed by atoms with Crippen molar-refractivity contribution in [2.24, 2.45) is 0 Å². The Bertz CT molecular complexity index is 809. The number of allylic oxidation sites excluding steroid dienone is 4. The monoisotopic (exact) mass is 484 g/mol. The molecule has 1 atom stereocenters. The van der Waals surface area contributed by atoms with Crippen LogP contribution in [0.2, 0.25) is 23.0 Å². The molecule has 0 radical (unpaired) electrons. The van der Waals surface area contributed by atoms with E-state index < -0.39 is 8.07 Å². The van der Waals surface area contributed by atoms with E-state index in [1.807, 2.05) is 0 Å². The van der Waals surface area contributed by atoms with Crippen LogP contribution in [0.5, 0.6) is 0 Å². The first-order valence-corrected chi connectivity index (χ1v) is 13.3. The number of benzene rings is 2. The van der Waals surface area contributed by atoms with Crippen LogP contribution in [0.1, 0.15) is 28.2 Å². The van der Waals surface area contributed by atoms with Crippen LogP contribution in [0.15, 0.2) is 72.3 Å². The Hall–Kier alpha value is -0.279. The maximum Gasteiger partial charge on any atom is -1.00 e. The van der Waals surface area contributed by atoms with Gasteiger partial charge in [-0.3, -0.25) is 0 Å². The molecule has 3 rings (SSSR count). The molecule has 0 saturated carbocycles. The van der Waals surface area contributed by atoms with E-state index in [-0.39, 0.29) is 40.6 Å². The van der Waals surface area contributed by atoms with Crippen LogP contribution in [0, 0.1) is 13.8 Å². The van der Waals surface area contributed by atoms with Crippen molar-refractivity contribution in [3.05, 3.63) is 94.6 Å². The quantitative estimate of drug-likeness (QED) is 0.421. The van der Waals surface area contributed by atoms with Crippen LogP contribution in [0.4, 0.5) is 0 Å². The minimum Gasteiger partial charge on any atom is -1.00 e. The van der Waals surface area contributed by atoms with Crippen molar-refractivity contribution in [3.8, 4) is 0 Å². The van der Waals surface area contributed by atoms with E-state index in [0.717, 1.165) is 0 Å². The Kier molecular flexibility index (Phi) is 10.6. The van der Waals surface area contributed by atoms with Gasteiger partial charge in [0.2, 0.25) is 0 Å². The topological polar surface area (TPSA) is 0 Å². The molecule has 0 aromatic heterocycles. The van der Waals surface area contributed by atoms with Crippen molar-refractivity contribution >= 4 is 8.07 Å². The molecular weight excluding hydrogens is 459 g/mol. The zero-order valence-electron chi connectivity index (χ0n) is 17.1. The largest absolute Gasteiger partial charge is 1.00 e. The van der Waals surface area contributed by atoms with Gasteiger partial charge in [-0.05, 0) is 0 Å². The Balaban J connectivity index is 0.00000243. The number of hydrogen-bond acceptors (Lipinski definition) is 0. The van der Waals surface area contributed by atoms with Gasteiger partial charge in [0.05, 0.1) is 0 Å².